The van der Waals surface area contributed by atoms with E-state index in [-0.39, 0.29) is 17.4 Å². The molecule has 104 valence electrons. The van der Waals surface area contributed by atoms with Crippen LogP contribution in [0.25, 0.3) is 0 Å². The Kier molecular flexibility index (Phi) is 3.40. The first-order chi connectivity index (χ1) is 8.73. The van der Waals surface area contributed by atoms with Gasteiger partial charge in [-0.15, -0.1) is 10.2 Å². The molecule has 0 aromatic carbocycles. The number of halogens is 4. The molecular formula is C10H9ClF3N3O2. The highest BCUT2D eigenvalue weighted by molar-refractivity contribution is 6.29. The number of hydrogen-bond acceptors (Lipinski definition) is 4. The van der Waals surface area contributed by atoms with Gasteiger partial charge in [-0.05, 0) is 12.1 Å². The predicted molar refractivity (Wildman–Crippen MR) is 58.6 cm³/mol. The molecule has 5 nitrogen and oxygen atoms in total. The number of alkyl halides is 3. The number of carbonyl (C=O) groups is 1. The Morgan fingerprint density at radius 2 is 2.11 bits per heavy atom. The summed E-state index contributed by atoms with van der Waals surface area (Å²) in [6.07, 6.45) is -5.32. The third kappa shape index (κ3) is 2.64. The highest BCUT2D eigenvalue weighted by atomic mass is 35.5. The molecule has 1 atom stereocenters. The number of β-amino-alcohol motifs (C(OH)–C–C–N with tert-alkyl or cyclic N) is 1. The van der Waals surface area contributed by atoms with E-state index in [4.69, 9.17) is 11.6 Å². The second kappa shape index (κ2) is 4.61. The molecule has 9 heteroatoms. The monoisotopic (exact) mass is 295 g/mol. The third-order valence-electron chi connectivity index (χ3n) is 2.91. The van der Waals surface area contributed by atoms with Crippen LogP contribution >= 0.6 is 11.6 Å². The minimum Gasteiger partial charge on any atom is -0.379 e. The second-order valence-electron chi connectivity index (χ2n) is 4.25. The van der Waals surface area contributed by atoms with Crippen LogP contribution in [-0.4, -0.2) is 51.0 Å². The van der Waals surface area contributed by atoms with Gasteiger partial charge >= 0.3 is 6.18 Å². The van der Waals surface area contributed by atoms with Gasteiger partial charge in [0.05, 0.1) is 6.54 Å². The molecule has 19 heavy (non-hydrogen) atoms. The van der Waals surface area contributed by atoms with Crippen LogP contribution in [0.5, 0.6) is 0 Å². The Bertz CT molecular complexity index is 494. The Balaban J connectivity index is 2.13. The first-order valence-electron chi connectivity index (χ1n) is 5.30. The first-order valence-corrected chi connectivity index (χ1v) is 5.68. The third-order valence-corrected chi connectivity index (χ3v) is 3.12. The minimum atomic E-state index is -4.77. The average molecular weight is 296 g/mol. The second-order valence-corrected chi connectivity index (χ2v) is 4.63. The number of amides is 1. The van der Waals surface area contributed by atoms with Gasteiger partial charge in [-0.2, -0.15) is 13.2 Å². The standard InChI is InChI=1S/C10H9ClF3N3O2/c11-7-2-1-6(15-16-7)8(18)17-4-3-9(19,5-17)10(12,13)14/h1-2,19H,3-5H2. The van der Waals surface area contributed by atoms with Crippen LogP contribution in [0.1, 0.15) is 16.9 Å². The van der Waals surface area contributed by atoms with Gasteiger partial charge in [-0.1, -0.05) is 11.6 Å². The summed E-state index contributed by atoms with van der Waals surface area (Å²) in [4.78, 5) is 12.8. The quantitative estimate of drug-likeness (QED) is 0.847. The topological polar surface area (TPSA) is 66.3 Å². The number of aromatic nitrogens is 2. The molecule has 1 amide bonds. The molecule has 1 aromatic heterocycles. The lowest BCUT2D eigenvalue weighted by atomic mass is 10.0. The van der Waals surface area contributed by atoms with Gasteiger partial charge in [0, 0.05) is 13.0 Å². The van der Waals surface area contributed by atoms with Crippen LogP contribution in [0.3, 0.4) is 0 Å². The molecule has 1 aliphatic heterocycles. The molecule has 1 N–H and O–H groups in total. The molecule has 1 unspecified atom stereocenters. The van der Waals surface area contributed by atoms with E-state index in [0.717, 1.165) is 4.90 Å². The molecule has 0 bridgehead atoms. The van der Waals surface area contributed by atoms with Crippen molar-refractivity contribution in [2.75, 3.05) is 13.1 Å². The van der Waals surface area contributed by atoms with Gasteiger partial charge in [0.2, 0.25) is 0 Å². The van der Waals surface area contributed by atoms with Crippen LogP contribution < -0.4 is 0 Å². The van der Waals surface area contributed by atoms with Crippen molar-refractivity contribution in [2.24, 2.45) is 0 Å². The normalized spacial score (nSPS) is 23.7. The number of rotatable bonds is 1. The molecule has 1 saturated heterocycles. The molecule has 0 aliphatic carbocycles. The van der Waals surface area contributed by atoms with Crippen LogP contribution in [0.15, 0.2) is 12.1 Å². The molecule has 1 aliphatic rings. The molecule has 0 spiro atoms. The van der Waals surface area contributed by atoms with E-state index < -0.39 is 30.7 Å². The van der Waals surface area contributed by atoms with Crippen molar-refractivity contribution in [1.29, 1.82) is 0 Å². The van der Waals surface area contributed by atoms with Crippen LogP contribution in [0.2, 0.25) is 5.15 Å². The van der Waals surface area contributed by atoms with Crippen molar-refractivity contribution in [2.45, 2.75) is 18.2 Å². The SMILES string of the molecule is O=C(c1ccc(Cl)nn1)N1CCC(O)(C(F)(F)F)C1. The molecule has 1 aromatic rings. The van der Waals surface area contributed by atoms with Crippen molar-refractivity contribution < 1.29 is 23.1 Å². The van der Waals surface area contributed by atoms with Gasteiger partial charge in [0.15, 0.2) is 16.4 Å². The van der Waals surface area contributed by atoms with Crippen molar-refractivity contribution in [3.05, 3.63) is 23.0 Å². The molecular weight excluding hydrogens is 287 g/mol. The fraction of sp³-hybridized carbons (Fsp3) is 0.500. The van der Waals surface area contributed by atoms with Crippen molar-refractivity contribution in [1.82, 2.24) is 15.1 Å². The Labute approximate surface area is 111 Å². The van der Waals surface area contributed by atoms with Gasteiger partial charge in [0.1, 0.15) is 0 Å². The zero-order chi connectivity index (χ0) is 14.3. The van der Waals surface area contributed by atoms with E-state index in [1.165, 1.54) is 12.1 Å². The van der Waals surface area contributed by atoms with Crippen LogP contribution in [0, 0.1) is 0 Å². The van der Waals surface area contributed by atoms with E-state index in [2.05, 4.69) is 10.2 Å². The fourth-order valence-corrected chi connectivity index (χ4v) is 1.89. The summed E-state index contributed by atoms with van der Waals surface area (Å²) in [7, 11) is 0. The molecule has 0 radical (unpaired) electrons. The Morgan fingerprint density at radius 3 is 2.58 bits per heavy atom. The van der Waals surface area contributed by atoms with Crippen molar-refractivity contribution in [3.63, 3.8) is 0 Å². The maximum Gasteiger partial charge on any atom is 0.419 e. The lowest BCUT2D eigenvalue weighted by Gasteiger charge is -2.25. The predicted octanol–water partition coefficient (Wildman–Crippen LogP) is 1.27. The van der Waals surface area contributed by atoms with E-state index in [0.29, 0.717) is 0 Å². The maximum absolute atomic E-state index is 12.6. The highest BCUT2D eigenvalue weighted by Crippen LogP contribution is 2.37. The maximum atomic E-state index is 12.6. The van der Waals surface area contributed by atoms with E-state index in [1.807, 2.05) is 0 Å². The largest absolute Gasteiger partial charge is 0.419 e. The van der Waals surface area contributed by atoms with E-state index >= 15 is 0 Å². The molecule has 2 rings (SSSR count). The smallest absolute Gasteiger partial charge is 0.379 e. The number of aliphatic hydroxyl groups is 1. The Morgan fingerprint density at radius 1 is 1.42 bits per heavy atom. The number of nitrogens with zero attached hydrogens (tertiary/aromatic N) is 3. The van der Waals surface area contributed by atoms with E-state index in [1.54, 1.807) is 0 Å². The summed E-state index contributed by atoms with van der Waals surface area (Å²) in [5, 5.41) is 16.5. The summed E-state index contributed by atoms with van der Waals surface area (Å²) in [6, 6.07) is 2.58. The molecule has 1 fully saturated rings. The van der Waals surface area contributed by atoms with Gasteiger partial charge in [-0.25, -0.2) is 0 Å². The Hall–Kier alpha value is -1.41. The van der Waals surface area contributed by atoms with Gasteiger partial charge in [0.25, 0.3) is 5.91 Å². The van der Waals surface area contributed by atoms with Crippen molar-refractivity contribution in [3.8, 4) is 0 Å². The zero-order valence-electron chi connectivity index (χ0n) is 9.48. The minimum absolute atomic E-state index is 0.0739. The van der Waals surface area contributed by atoms with Crippen LogP contribution in [0.4, 0.5) is 13.2 Å². The summed E-state index contributed by atoms with van der Waals surface area (Å²) >= 11 is 5.49. The lowest BCUT2D eigenvalue weighted by Crippen LogP contribution is -2.48. The average Bonchev–Trinajstić information content (AvgIpc) is 2.73. The summed E-state index contributed by atoms with van der Waals surface area (Å²) < 4.78 is 37.8. The van der Waals surface area contributed by atoms with Crippen LogP contribution in [-0.2, 0) is 0 Å². The fourth-order valence-electron chi connectivity index (χ4n) is 1.79. The summed E-state index contributed by atoms with van der Waals surface area (Å²) in [5.74, 6) is -0.718. The van der Waals surface area contributed by atoms with Crippen molar-refractivity contribution >= 4 is 17.5 Å². The highest BCUT2D eigenvalue weighted by Gasteiger charge is 2.57. The first kappa shape index (κ1) is 14.0. The lowest BCUT2D eigenvalue weighted by molar-refractivity contribution is -0.253. The van der Waals surface area contributed by atoms with Gasteiger partial charge < -0.3 is 10.0 Å². The molecule has 2 heterocycles. The number of carbonyl (C=O) groups excluding carboxylic acids is 1. The molecule has 0 saturated carbocycles. The van der Waals surface area contributed by atoms with Gasteiger partial charge in [-0.3, -0.25) is 4.79 Å². The zero-order valence-corrected chi connectivity index (χ0v) is 10.2. The number of likely N-dealkylation sites (tertiary alicyclic amines) is 1. The summed E-state index contributed by atoms with van der Waals surface area (Å²) in [6.45, 7) is -1.00. The number of hydrogen-bond donors (Lipinski definition) is 1. The van der Waals surface area contributed by atoms with E-state index in [9.17, 15) is 23.1 Å². The summed E-state index contributed by atoms with van der Waals surface area (Å²) in [5.41, 5.74) is -2.97.